The molecule has 0 fully saturated rings. The lowest BCUT2D eigenvalue weighted by atomic mass is 9.95. The van der Waals surface area contributed by atoms with Crippen molar-refractivity contribution in [1.82, 2.24) is 10.2 Å². The summed E-state index contributed by atoms with van der Waals surface area (Å²) in [6, 6.07) is 0. The monoisotopic (exact) mass is 274 g/mol. The molecule has 0 spiro atoms. The number of nitrogens with zero attached hydrogens (tertiary/aromatic N) is 2. The summed E-state index contributed by atoms with van der Waals surface area (Å²) in [7, 11) is 0. The van der Waals surface area contributed by atoms with Crippen LogP contribution in [0.4, 0.5) is 0 Å². The molecule has 0 aliphatic heterocycles. The molecule has 102 valence electrons. The average Bonchev–Trinajstić information content (AvgIpc) is 2.75. The standard InChI is InChI=1S/C11H18N2O4S/c1-5-16-9(14)8-12-13-10(17-8)18-6-11(4,15)7(2)3/h7,15H,5-6H2,1-4H3. The van der Waals surface area contributed by atoms with Crippen LogP contribution in [0, 0.1) is 5.92 Å². The number of aromatic nitrogens is 2. The molecule has 0 aliphatic carbocycles. The van der Waals surface area contributed by atoms with E-state index in [1.54, 1.807) is 13.8 Å². The third kappa shape index (κ3) is 3.99. The number of hydrogen-bond acceptors (Lipinski definition) is 7. The maximum absolute atomic E-state index is 11.3. The molecule has 7 heteroatoms. The summed E-state index contributed by atoms with van der Waals surface area (Å²) in [4.78, 5) is 11.3. The number of rotatable bonds is 6. The molecule has 1 aromatic rings. The Morgan fingerprint density at radius 3 is 2.78 bits per heavy atom. The predicted molar refractivity (Wildman–Crippen MR) is 66.4 cm³/mol. The van der Waals surface area contributed by atoms with Crippen LogP contribution in [0.3, 0.4) is 0 Å². The van der Waals surface area contributed by atoms with Gasteiger partial charge in [-0.25, -0.2) is 4.79 Å². The first-order valence-electron chi connectivity index (χ1n) is 5.72. The molecule has 6 nitrogen and oxygen atoms in total. The lowest BCUT2D eigenvalue weighted by Gasteiger charge is -2.26. The Kier molecular flexibility index (Phi) is 5.15. The maximum atomic E-state index is 11.3. The number of ether oxygens (including phenoxy) is 1. The lowest BCUT2D eigenvalue weighted by molar-refractivity contribution is 0.0374. The van der Waals surface area contributed by atoms with Crippen molar-refractivity contribution in [3.63, 3.8) is 0 Å². The summed E-state index contributed by atoms with van der Waals surface area (Å²) in [5.41, 5.74) is -0.830. The number of carbonyl (C=O) groups is 1. The third-order valence-electron chi connectivity index (χ3n) is 2.59. The van der Waals surface area contributed by atoms with Gasteiger partial charge in [-0.1, -0.05) is 30.7 Å². The quantitative estimate of drug-likeness (QED) is 0.624. The van der Waals surface area contributed by atoms with Gasteiger partial charge in [0, 0.05) is 5.75 Å². The fourth-order valence-electron chi connectivity index (χ4n) is 0.918. The first kappa shape index (κ1) is 15.0. The molecule has 1 heterocycles. The molecule has 1 atom stereocenters. The first-order valence-corrected chi connectivity index (χ1v) is 6.71. The molecule has 18 heavy (non-hydrogen) atoms. The van der Waals surface area contributed by atoms with Crippen LogP contribution in [-0.2, 0) is 4.74 Å². The smallest absolute Gasteiger partial charge is 0.396 e. The fourth-order valence-corrected chi connectivity index (χ4v) is 1.90. The second kappa shape index (κ2) is 6.19. The van der Waals surface area contributed by atoms with Crippen LogP contribution in [0.2, 0.25) is 0 Å². The molecule has 0 saturated heterocycles. The van der Waals surface area contributed by atoms with Crippen molar-refractivity contribution in [3.05, 3.63) is 5.89 Å². The highest BCUT2D eigenvalue weighted by atomic mass is 32.2. The minimum absolute atomic E-state index is 0.109. The largest absolute Gasteiger partial charge is 0.459 e. The Labute approximate surface area is 110 Å². The molecular formula is C11H18N2O4S. The summed E-state index contributed by atoms with van der Waals surface area (Å²) in [5.74, 6) is -0.275. The predicted octanol–water partition coefficient (Wildman–Crippen LogP) is 1.75. The average molecular weight is 274 g/mol. The lowest BCUT2D eigenvalue weighted by Crippen LogP contribution is -2.33. The van der Waals surface area contributed by atoms with E-state index in [1.807, 2.05) is 13.8 Å². The SMILES string of the molecule is CCOC(=O)c1nnc(SCC(C)(O)C(C)C)o1. The number of carbonyl (C=O) groups excluding carboxylic acids is 1. The molecule has 1 aromatic heterocycles. The third-order valence-corrected chi connectivity index (χ3v) is 3.73. The van der Waals surface area contributed by atoms with Gasteiger partial charge >= 0.3 is 11.9 Å². The zero-order valence-electron chi connectivity index (χ0n) is 11.0. The van der Waals surface area contributed by atoms with Crippen LogP contribution in [-0.4, -0.2) is 39.2 Å². The van der Waals surface area contributed by atoms with Gasteiger partial charge in [0.2, 0.25) is 0 Å². The van der Waals surface area contributed by atoms with E-state index in [1.165, 1.54) is 11.8 Å². The van der Waals surface area contributed by atoms with Crippen molar-refractivity contribution < 1.29 is 19.1 Å². The molecule has 0 amide bonds. The molecule has 0 radical (unpaired) electrons. The normalized spacial score (nSPS) is 14.6. The molecule has 1 rings (SSSR count). The summed E-state index contributed by atoms with van der Waals surface area (Å²) in [6.45, 7) is 7.56. The van der Waals surface area contributed by atoms with Crippen LogP contribution in [0.5, 0.6) is 0 Å². The highest BCUT2D eigenvalue weighted by Crippen LogP contribution is 2.26. The van der Waals surface area contributed by atoms with Crippen molar-refractivity contribution in [3.8, 4) is 0 Å². The van der Waals surface area contributed by atoms with E-state index in [-0.39, 0.29) is 23.6 Å². The first-order chi connectivity index (χ1) is 8.36. The van der Waals surface area contributed by atoms with Crippen LogP contribution in [0.15, 0.2) is 9.64 Å². The van der Waals surface area contributed by atoms with E-state index < -0.39 is 11.6 Å². The van der Waals surface area contributed by atoms with Gasteiger partial charge in [0.25, 0.3) is 5.22 Å². The molecule has 0 saturated carbocycles. The van der Waals surface area contributed by atoms with Crippen LogP contribution in [0.25, 0.3) is 0 Å². The van der Waals surface area contributed by atoms with Gasteiger partial charge in [-0.05, 0) is 19.8 Å². The Morgan fingerprint density at radius 2 is 2.22 bits per heavy atom. The summed E-state index contributed by atoms with van der Waals surface area (Å²) >= 11 is 1.21. The fraction of sp³-hybridized carbons (Fsp3) is 0.727. The van der Waals surface area contributed by atoms with Crippen molar-refractivity contribution in [2.24, 2.45) is 5.92 Å². The molecule has 0 aromatic carbocycles. The molecular weight excluding hydrogens is 256 g/mol. The van der Waals surface area contributed by atoms with E-state index in [0.29, 0.717) is 5.75 Å². The van der Waals surface area contributed by atoms with Crippen LogP contribution >= 0.6 is 11.8 Å². The van der Waals surface area contributed by atoms with E-state index in [4.69, 9.17) is 9.15 Å². The minimum atomic E-state index is -0.830. The Morgan fingerprint density at radius 1 is 1.56 bits per heavy atom. The van der Waals surface area contributed by atoms with E-state index in [0.717, 1.165) is 0 Å². The van der Waals surface area contributed by atoms with Gasteiger partial charge in [-0.15, -0.1) is 5.10 Å². The molecule has 0 aliphatic rings. The number of aliphatic hydroxyl groups is 1. The van der Waals surface area contributed by atoms with Crippen molar-refractivity contribution >= 4 is 17.7 Å². The van der Waals surface area contributed by atoms with E-state index >= 15 is 0 Å². The van der Waals surface area contributed by atoms with Crippen molar-refractivity contribution in [2.75, 3.05) is 12.4 Å². The Bertz CT molecular complexity index is 404. The van der Waals surface area contributed by atoms with Gasteiger partial charge in [-0.3, -0.25) is 0 Å². The molecule has 1 N–H and O–H groups in total. The van der Waals surface area contributed by atoms with Gasteiger partial charge in [0.1, 0.15) is 0 Å². The minimum Gasteiger partial charge on any atom is -0.459 e. The topological polar surface area (TPSA) is 85.5 Å². The highest BCUT2D eigenvalue weighted by Gasteiger charge is 2.26. The summed E-state index contributed by atoms with van der Waals surface area (Å²) < 4.78 is 9.86. The van der Waals surface area contributed by atoms with E-state index in [2.05, 4.69) is 10.2 Å². The van der Waals surface area contributed by atoms with Crippen LogP contribution < -0.4 is 0 Å². The zero-order valence-corrected chi connectivity index (χ0v) is 11.8. The van der Waals surface area contributed by atoms with Gasteiger partial charge in [-0.2, -0.15) is 0 Å². The molecule has 1 unspecified atom stereocenters. The molecule has 0 bridgehead atoms. The second-order valence-electron chi connectivity index (χ2n) is 4.39. The maximum Gasteiger partial charge on any atom is 0.396 e. The second-order valence-corrected chi connectivity index (χ2v) is 5.32. The van der Waals surface area contributed by atoms with Crippen molar-refractivity contribution in [2.45, 2.75) is 38.5 Å². The summed E-state index contributed by atoms with van der Waals surface area (Å²) in [5, 5.41) is 17.6. The Balaban J connectivity index is 2.57. The summed E-state index contributed by atoms with van der Waals surface area (Å²) in [6.07, 6.45) is 0. The van der Waals surface area contributed by atoms with Crippen molar-refractivity contribution in [1.29, 1.82) is 0 Å². The number of esters is 1. The zero-order chi connectivity index (χ0) is 13.8. The van der Waals surface area contributed by atoms with Crippen LogP contribution in [0.1, 0.15) is 38.4 Å². The van der Waals surface area contributed by atoms with Gasteiger partial charge < -0.3 is 14.3 Å². The van der Waals surface area contributed by atoms with E-state index in [9.17, 15) is 9.90 Å². The Hall–Kier alpha value is -1.08. The number of thioether (sulfide) groups is 1. The number of hydrogen-bond donors (Lipinski definition) is 1. The highest BCUT2D eigenvalue weighted by molar-refractivity contribution is 7.99. The van der Waals surface area contributed by atoms with Gasteiger partial charge in [0.05, 0.1) is 12.2 Å². The van der Waals surface area contributed by atoms with Gasteiger partial charge in [0.15, 0.2) is 0 Å².